The first kappa shape index (κ1) is 10.2. The average molecular weight is 177 g/mol. The molecule has 1 aliphatic rings. The summed E-state index contributed by atoms with van der Waals surface area (Å²) in [5, 5.41) is 0. The van der Waals surface area contributed by atoms with Gasteiger partial charge in [0.2, 0.25) is 0 Å². The molecule has 0 bridgehead atoms. The minimum Gasteiger partial charge on any atom is -0.272 e. The van der Waals surface area contributed by atoms with Crippen molar-refractivity contribution >= 4 is 6.72 Å². The Bertz CT molecular complexity index is 225. The summed E-state index contributed by atoms with van der Waals surface area (Å²) in [6.45, 7) is 7.90. The maximum Gasteiger partial charge on any atom is 0.0295 e. The van der Waals surface area contributed by atoms with Crippen LogP contribution in [0.15, 0.2) is 28.9 Å². The first-order chi connectivity index (χ1) is 6.29. The highest BCUT2D eigenvalue weighted by Gasteiger charge is 2.25. The standard InChI is InChI=1S/C12H19N/c1-4-6-11(9-13-3)12-8-5-7-10(12)2/h4,6,9-10,12H,3,5,7-8H2,1-2H3/b6-4-,11-9-. The number of allylic oxidation sites excluding steroid dienone is 3. The van der Waals surface area contributed by atoms with Crippen LogP contribution >= 0.6 is 0 Å². The Hall–Kier alpha value is -0.850. The molecule has 0 N–H and O–H groups in total. The topological polar surface area (TPSA) is 12.4 Å². The molecule has 2 atom stereocenters. The van der Waals surface area contributed by atoms with Gasteiger partial charge in [-0.3, -0.25) is 4.99 Å². The first-order valence-corrected chi connectivity index (χ1v) is 5.08. The zero-order valence-corrected chi connectivity index (χ0v) is 8.66. The van der Waals surface area contributed by atoms with Gasteiger partial charge < -0.3 is 0 Å². The maximum absolute atomic E-state index is 3.87. The van der Waals surface area contributed by atoms with Gasteiger partial charge >= 0.3 is 0 Å². The van der Waals surface area contributed by atoms with E-state index in [9.17, 15) is 0 Å². The highest BCUT2D eigenvalue weighted by atomic mass is 14.6. The quantitative estimate of drug-likeness (QED) is 0.461. The van der Waals surface area contributed by atoms with Crippen molar-refractivity contribution < 1.29 is 0 Å². The van der Waals surface area contributed by atoms with Crippen molar-refractivity contribution in [2.75, 3.05) is 0 Å². The molecule has 13 heavy (non-hydrogen) atoms. The molecular formula is C12H19N. The van der Waals surface area contributed by atoms with Crippen molar-refractivity contribution in [3.63, 3.8) is 0 Å². The van der Waals surface area contributed by atoms with E-state index in [-0.39, 0.29) is 0 Å². The van der Waals surface area contributed by atoms with E-state index >= 15 is 0 Å². The summed E-state index contributed by atoms with van der Waals surface area (Å²) in [4.78, 5) is 3.87. The lowest BCUT2D eigenvalue weighted by Crippen LogP contribution is -2.05. The molecule has 72 valence electrons. The van der Waals surface area contributed by atoms with Crippen molar-refractivity contribution in [2.45, 2.75) is 33.1 Å². The van der Waals surface area contributed by atoms with Crippen molar-refractivity contribution in [2.24, 2.45) is 16.8 Å². The smallest absolute Gasteiger partial charge is 0.0295 e. The van der Waals surface area contributed by atoms with Crippen LogP contribution in [0.1, 0.15) is 33.1 Å². The molecule has 0 aromatic rings. The van der Waals surface area contributed by atoms with Crippen LogP contribution in [0.25, 0.3) is 0 Å². The fourth-order valence-electron chi connectivity index (χ4n) is 2.20. The van der Waals surface area contributed by atoms with Gasteiger partial charge in [-0.25, -0.2) is 0 Å². The molecule has 1 rings (SSSR count). The summed E-state index contributed by atoms with van der Waals surface area (Å²) in [6, 6.07) is 0. The Morgan fingerprint density at radius 1 is 1.46 bits per heavy atom. The largest absolute Gasteiger partial charge is 0.272 e. The van der Waals surface area contributed by atoms with Crippen LogP contribution < -0.4 is 0 Å². The molecule has 0 radical (unpaired) electrons. The molecule has 1 saturated carbocycles. The normalized spacial score (nSPS) is 29.8. The third kappa shape index (κ3) is 2.55. The molecule has 1 nitrogen and oxygen atoms in total. The predicted molar refractivity (Wildman–Crippen MR) is 59.0 cm³/mol. The van der Waals surface area contributed by atoms with E-state index in [1.807, 2.05) is 6.20 Å². The Labute approximate surface area is 81.3 Å². The molecule has 1 fully saturated rings. The van der Waals surface area contributed by atoms with E-state index in [1.165, 1.54) is 24.8 Å². The van der Waals surface area contributed by atoms with Gasteiger partial charge in [0.25, 0.3) is 0 Å². The van der Waals surface area contributed by atoms with E-state index in [1.54, 1.807) is 0 Å². The monoisotopic (exact) mass is 177 g/mol. The van der Waals surface area contributed by atoms with Gasteiger partial charge in [-0.2, -0.15) is 0 Å². The highest BCUT2D eigenvalue weighted by Crippen LogP contribution is 2.36. The van der Waals surface area contributed by atoms with Crippen molar-refractivity contribution in [3.05, 3.63) is 23.9 Å². The lowest BCUT2D eigenvalue weighted by atomic mass is 9.90. The van der Waals surface area contributed by atoms with Gasteiger partial charge in [-0.1, -0.05) is 31.9 Å². The second-order valence-corrected chi connectivity index (χ2v) is 3.83. The van der Waals surface area contributed by atoms with Crippen molar-refractivity contribution in [1.29, 1.82) is 0 Å². The van der Waals surface area contributed by atoms with Gasteiger partial charge in [-0.05, 0) is 37.5 Å². The summed E-state index contributed by atoms with van der Waals surface area (Å²) in [6.07, 6.45) is 10.2. The molecule has 0 aromatic heterocycles. The minimum atomic E-state index is 0.710. The van der Waals surface area contributed by atoms with Crippen molar-refractivity contribution in [3.8, 4) is 0 Å². The SMILES string of the molecule is C=N/C=C(/C=C\C)C1CCCC1C. The highest BCUT2D eigenvalue weighted by molar-refractivity contribution is 5.30. The molecule has 2 unspecified atom stereocenters. The summed E-state index contributed by atoms with van der Waals surface area (Å²) in [5.74, 6) is 1.52. The van der Waals surface area contributed by atoms with E-state index < -0.39 is 0 Å². The van der Waals surface area contributed by atoms with E-state index in [0.29, 0.717) is 5.92 Å². The summed E-state index contributed by atoms with van der Waals surface area (Å²) < 4.78 is 0. The number of hydrogen-bond acceptors (Lipinski definition) is 1. The Balaban J connectivity index is 2.74. The molecule has 1 aliphatic carbocycles. The number of hydrogen-bond donors (Lipinski definition) is 0. The molecule has 0 saturated heterocycles. The van der Waals surface area contributed by atoms with Crippen LogP contribution in [0.5, 0.6) is 0 Å². The first-order valence-electron chi connectivity index (χ1n) is 5.08. The van der Waals surface area contributed by atoms with Gasteiger partial charge in [0, 0.05) is 6.20 Å². The second-order valence-electron chi connectivity index (χ2n) is 3.83. The third-order valence-electron chi connectivity index (χ3n) is 2.89. The Kier molecular flexibility index (Phi) is 3.94. The predicted octanol–water partition coefficient (Wildman–Crippen LogP) is 3.58. The average Bonchev–Trinajstić information content (AvgIpc) is 2.51. The molecule has 0 heterocycles. The van der Waals surface area contributed by atoms with Crippen LogP contribution in [0.3, 0.4) is 0 Å². The zero-order chi connectivity index (χ0) is 9.68. The van der Waals surface area contributed by atoms with Crippen LogP contribution in [0.4, 0.5) is 0 Å². The molecule has 1 heteroatoms. The lowest BCUT2D eigenvalue weighted by molar-refractivity contribution is 0.487. The van der Waals surface area contributed by atoms with E-state index in [2.05, 4.69) is 37.7 Å². The summed E-state index contributed by atoms with van der Waals surface area (Å²) in [5.41, 5.74) is 1.35. The number of rotatable bonds is 3. The van der Waals surface area contributed by atoms with Crippen LogP contribution in [0.2, 0.25) is 0 Å². The molecule has 0 aromatic carbocycles. The van der Waals surface area contributed by atoms with Gasteiger partial charge in [0.05, 0.1) is 0 Å². The Morgan fingerprint density at radius 3 is 2.69 bits per heavy atom. The van der Waals surface area contributed by atoms with Crippen molar-refractivity contribution in [1.82, 2.24) is 0 Å². The zero-order valence-electron chi connectivity index (χ0n) is 8.66. The minimum absolute atomic E-state index is 0.710. The maximum atomic E-state index is 3.87. The van der Waals surface area contributed by atoms with E-state index in [0.717, 1.165) is 5.92 Å². The molecule has 0 amide bonds. The van der Waals surface area contributed by atoms with Gasteiger partial charge in [-0.15, -0.1) is 0 Å². The van der Waals surface area contributed by atoms with Gasteiger partial charge in [0.1, 0.15) is 0 Å². The van der Waals surface area contributed by atoms with E-state index in [4.69, 9.17) is 0 Å². The fourth-order valence-corrected chi connectivity index (χ4v) is 2.20. The number of nitrogens with zero attached hydrogens (tertiary/aromatic N) is 1. The lowest BCUT2D eigenvalue weighted by Gasteiger charge is -2.15. The Morgan fingerprint density at radius 2 is 2.23 bits per heavy atom. The summed E-state index contributed by atoms with van der Waals surface area (Å²) in [7, 11) is 0. The number of aliphatic imine (C=N–C) groups is 1. The molecule has 0 aliphatic heterocycles. The third-order valence-corrected chi connectivity index (χ3v) is 2.89. The summed E-state index contributed by atoms with van der Waals surface area (Å²) >= 11 is 0. The van der Waals surface area contributed by atoms with Gasteiger partial charge in [0.15, 0.2) is 0 Å². The molecular weight excluding hydrogens is 158 g/mol. The van der Waals surface area contributed by atoms with Crippen LogP contribution in [-0.2, 0) is 0 Å². The fraction of sp³-hybridized carbons (Fsp3) is 0.583. The van der Waals surface area contributed by atoms with Crippen LogP contribution in [-0.4, -0.2) is 6.72 Å². The second kappa shape index (κ2) is 5.00. The molecule has 0 spiro atoms. The van der Waals surface area contributed by atoms with Crippen LogP contribution in [0, 0.1) is 11.8 Å².